The molecule has 0 fully saturated rings. The lowest BCUT2D eigenvalue weighted by molar-refractivity contribution is 0.422. The Morgan fingerprint density at radius 3 is 1.36 bits per heavy atom. The summed E-state index contributed by atoms with van der Waals surface area (Å²) >= 11 is 4.49. The maximum absolute atomic E-state index is 6.58. The summed E-state index contributed by atoms with van der Waals surface area (Å²) < 4.78 is 22.6. The second-order valence-corrected chi connectivity index (χ2v) is 9.58. The molecule has 0 aliphatic heterocycles. The van der Waals surface area contributed by atoms with Crippen LogP contribution in [0.4, 0.5) is 0 Å². The Kier molecular flexibility index (Phi) is 5.35. The van der Waals surface area contributed by atoms with Crippen LogP contribution in [0.1, 0.15) is 0 Å². The first kappa shape index (κ1) is 20.1. The molecular weight excluding hydrogens is 468 g/mol. The molecule has 3 aromatic carbocycles. The minimum atomic E-state index is 0.635. The molecule has 0 bridgehead atoms. The molecule has 0 unspecified atom stereocenters. The molecule has 160 valence electrons. The third-order valence-corrected chi connectivity index (χ3v) is 7.39. The average Bonchev–Trinajstić information content (AvgIpc) is 3.64. The minimum absolute atomic E-state index is 0.635. The Bertz CT molecular complexity index is 1380. The van der Waals surface area contributed by atoms with Crippen molar-refractivity contribution < 1.29 is 9.47 Å². The number of hydrogen-bond donors (Lipinski definition) is 0. The second-order valence-electron chi connectivity index (χ2n) is 7.15. The number of para-hydroxylation sites is 2. The van der Waals surface area contributed by atoms with E-state index in [1.54, 1.807) is 22.7 Å². The van der Waals surface area contributed by atoms with Crippen molar-refractivity contribution in [1.29, 1.82) is 0 Å². The van der Waals surface area contributed by atoms with E-state index in [2.05, 4.69) is 22.9 Å². The van der Waals surface area contributed by atoms with Gasteiger partial charge in [0, 0.05) is 9.75 Å². The van der Waals surface area contributed by atoms with Gasteiger partial charge in [-0.15, -0.1) is 22.7 Å². The van der Waals surface area contributed by atoms with E-state index >= 15 is 0 Å². The molecule has 7 heteroatoms. The van der Waals surface area contributed by atoms with Crippen molar-refractivity contribution in [3.8, 4) is 43.9 Å². The predicted octanol–water partition coefficient (Wildman–Crippen LogP) is 8.73. The van der Waals surface area contributed by atoms with Crippen molar-refractivity contribution in [1.82, 2.24) is 8.75 Å². The Labute approximate surface area is 202 Å². The van der Waals surface area contributed by atoms with E-state index in [9.17, 15) is 0 Å². The lowest BCUT2D eigenvalue weighted by atomic mass is 10.0. The molecule has 0 N–H and O–H groups in total. The molecule has 33 heavy (non-hydrogen) atoms. The van der Waals surface area contributed by atoms with Crippen molar-refractivity contribution in [2.24, 2.45) is 0 Å². The van der Waals surface area contributed by atoms with Crippen LogP contribution in [0.2, 0.25) is 0 Å². The Morgan fingerprint density at radius 1 is 0.515 bits per heavy atom. The van der Waals surface area contributed by atoms with E-state index in [0.717, 1.165) is 43.4 Å². The maximum atomic E-state index is 6.58. The van der Waals surface area contributed by atoms with E-state index < -0.39 is 0 Å². The van der Waals surface area contributed by atoms with Gasteiger partial charge in [0.05, 0.1) is 22.9 Å². The fourth-order valence-electron chi connectivity index (χ4n) is 3.67. The second kappa shape index (κ2) is 8.78. The fraction of sp³-hybridized carbons (Fsp3) is 0. The summed E-state index contributed by atoms with van der Waals surface area (Å²) in [5, 5.41) is 4.11. The first-order valence-corrected chi connectivity index (χ1v) is 12.7. The SMILES string of the molecule is c1ccc(Oc2c(Oc3ccccc3)c(-c3cccs3)c3nsnc3c2-c2cccs2)cc1. The van der Waals surface area contributed by atoms with Crippen molar-refractivity contribution in [2.45, 2.75) is 0 Å². The smallest absolute Gasteiger partial charge is 0.181 e. The lowest BCUT2D eigenvalue weighted by Crippen LogP contribution is -1.97. The molecule has 4 nitrogen and oxygen atoms in total. The third kappa shape index (κ3) is 3.80. The number of aromatic nitrogens is 2. The number of ether oxygens (including phenoxy) is 2. The summed E-state index contributed by atoms with van der Waals surface area (Å²) in [6, 6.07) is 27.8. The monoisotopic (exact) mass is 484 g/mol. The van der Waals surface area contributed by atoms with Crippen LogP contribution < -0.4 is 9.47 Å². The molecule has 3 aromatic heterocycles. The molecule has 0 spiro atoms. The minimum Gasteiger partial charge on any atom is -0.453 e. The highest BCUT2D eigenvalue weighted by molar-refractivity contribution is 7.14. The summed E-state index contributed by atoms with van der Waals surface area (Å²) in [4.78, 5) is 2.10. The quantitative estimate of drug-likeness (QED) is 0.237. The van der Waals surface area contributed by atoms with Crippen molar-refractivity contribution >= 4 is 45.4 Å². The zero-order chi connectivity index (χ0) is 22.0. The van der Waals surface area contributed by atoms with Gasteiger partial charge in [0.1, 0.15) is 22.5 Å². The van der Waals surface area contributed by atoms with Gasteiger partial charge >= 0.3 is 0 Å². The Morgan fingerprint density at radius 2 is 0.970 bits per heavy atom. The highest BCUT2D eigenvalue weighted by Crippen LogP contribution is 2.54. The highest BCUT2D eigenvalue weighted by Gasteiger charge is 2.28. The molecule has 0 aliphatic rings. The van der Waals surface area contributed by atoms with E-state index in [0.29, 0.717) is 11.5 Å². The van der Waals surface area contributed by atoms with Gasteiger partial charge in [0.2, 0.25) is 0 Å². The van der Waals surface area contributed by atoms with Crippen LogP contribution in [-0.2, 0) is 0 Å². The van der Waals surface area contributed by atoms with Gasteiger partial charge in [0.25, 0.3) is 0 Å². The normalized spacial score (nSPS) is 11.0. The molecule has 0 atom stereocenters. The number of fused-ring (bicyclic) bond motifs is 1. The molecule has 3 heterocycles. The lowest BCUT2D eigenvalue weighted by Gasteiger charge is -2.19. The van der Waals surface area contributed by atoms with E-state index in [1.165, 1.54) is 11.7 Å². The van der Waals surface area contributed by atoms with Crippen molar-refractivity contribution in [3.63, 3.8) is 0 Å². The topological polar surface area (TPSA) is 44.2 Å². The summed E-state index contributed by atoms with van der Waals surface area (Å²) in [7, 11) is 0. The molecule has 6 aromatic rings. The number of rotatable bonds is 6. The van der Waals surface area contributed by atoms with Crippen molar-refractivity contribution in [3.05, 3.63) is 95.7 Å². The molecular formula is C26H16N2O2S3. The van der Waals surface area contributed by atoms with Crippen LogP contribution in [0, 0.1) is 0 Å². The number of benzene rings is 3. The zero-order valence-electron chi connectivity index (χ0n) is 17.2. The molecule has 0 saturated carbocycles. The summed E-state index contributed by atoms with van der Waals surface area (Å²) in [5.41, 5.74) is 3.42. The van der Waals surface area contributed by atoms with Gasteiger partial charge in [-0.3, -0.25) is 0 Å². The largest absolute Gasteiger partial charge is 0.453 e. The highest BCUT2D eigenvalue weighted by atomic mass is 32.1. The van der Waals surface area contributed by atoms with Gasteiger partial charge < -0.3 is 9.47 Å². The van der Waals surface area contributed by atoms with Crippen LogP contribution in [-0.4, -0.2) is 8.75 Å². The van der Waals surface area contributed by atoms with E-state index in [-0.39, 0.29) is 0 Å². The van der Waals surface area contributed by atoms with Crippen LogP contribution in [0.15, 0.2) is 95.7 Å². The van der Waals surface area contributed by atoms with Crippen LogP contribution in [0.5, 0.6) is 23.0 Å². The molecule has 0 amide bonds. The summed E-state index contributed by atoms with van der Waals surface area (Å²) in [6.45, 7) is 0. The summed E-state index contributed by atoms with van der Waals surface area (Å²) in [6.07, 6.45) is 0. The first-order chi connectivity index (χ1) is 16.4. The average molecular weight is 485 g/mol. The predicted molar refractivity (Wildman–Crippen MR) is 137 cm³/mol. The molecule has 0 radical (unpaired) electrons. The fourth-order valence-corrected chi connectivity index (χ4v) is 5.76. The number of hydrogen-bond acceptors (Lipinski definition) is 7. The van der Waals surface area contributed by atoms with Gasteiger partial charge in [-0.25, -0.2) is 0 Å². The van der Waals surface area contributed by atoms with Crippen LogP contribution in [0.3, 0.4) is 0 Å². The summed E-state index contributed by atoms with van der Waals surface area (Å²) in [5.74, 6) is 2.73. The van der Waals surface area contributed by atoms with Gasteiger partial charge in [-0.1, -0.05) is 48.5 Å². The van der Waals surface area contributed by atoms with Crippen LogP contribution >= 0.6 is 34.4 Å². The van der Waals surface area contributed by atoms with Crippen LogP contribution in [0.25, 0.3) is 31.9 Å². The Balaban J connectivity index is 1.70. The molecule has 0 aliphatic carbocycles. The van der Waals surface area contributed by atoms with Gasteiger partial charge in [-0.05, 0) is 47.2 Å². The first-order valence-electron chi connectivity index (χ1n) is 10.2. The van der Waals surface area contributed by atoms with E-state index in [1.807, 2.05) is 72.8 Å². The number of nitrogens with zero attached hydrogens (tertiary/aromatic N) is 2. The molecule has 6 rings (SSSR count). The van der Waals surface area contributed by atoms with Gasteiger partial charge in [-0.2, -0.15) is 8.75 Å². The molecule has 0 saturated heterocycles. The maximum Gasteiger partial charge on any atom is 0.181 e. The zero-order valence-corrected chi connectivity index (χ0v) is 19.6. The standard InChI is InChI=1S/C26H16N2O2S3/c1-3-9-17(10-4-1)29-25-21(19-13-7-15-31-19)23-24(28-33-27-23)22(20-14-8-16-32-20)26(25)30-18-11-5-2-6-12-18/h1-16H. The third-order valence-electron chi connectivity index (χ3n) is 5.08. The van der Waals surface area contributed by atoms with E-state index in [4.69, 9.17) is 18.2 Å². The number of thiophene rings is 2. The van der Waals surface area contributed by atoms with Crippen molar-refractivity contribution in [2.75, 3.05) is 0 Å². The van der Waals surface area contributed by atoms with Gasteiger partial charge in [0.15, 0.2) is 11.5 Å². The Hall–Kier alpha value is -3.52.